The summed E-state index contributed by atoms with van der Waals surface area (Å²) in [4.78, 5) is 27.9. The van der Waals surface area contributed by atoms with Crippen LogP contribution in [0.4, 0.5) is 27.1 Å². The molecule has 34 heavy (non-hydrogen) atoms. The Morgan fingerprint density at radius 3 is 2.68 bits per heavy atom. The van der Waals surface area contributed by atoms with Crippen LogP contribution in [-0.2, 0) is 6.54 Å². The van der Waals surface area contributed by atoms with E-state index in [2.05, 4.69) is 10.6 Å². The van der Waals surface area contributed by atoms with Crippen LogP contribution in [0.5, 0.6) is 0 Å². The Morgan fingerprint density at radius 2 is 1.85 bits per heavy atom. The van der Waals surface area contributed by atoms with E-state index in [9.17, 15) is 14.0 Å². The van der Waals surface area contributed by atoms with E-state index >= 15 is 0 Å². The predicted molar refractivity (Wildman–Crippen MR) is 135 cm³/mol. The van der Waals surface area contributed by atoms with Crippen LogP contribution >= 0.6 is 22.9 Å². The second-order valence-electron chi connectivity index (χ2n) is 7.91. The molecule has 0 saturated heterocycles. The minimum atomic E-state index is -0.454. The standard InChI is InChI=1S/C26H19ClFN3O2S/c1-15-18(5-4-6-21(15)28)25(32)29-17-9-10-19(20(27)11-17)26(33)31-12-16-13-34-14-23(16)30-22-7-2-3-8-24(22)31/h2-11,13-14,30H,12H2,1H3,(H,29,32). The van der Waals surface area contributed by atoms with Gasteiger partial charge in [0, 0.05) is 22.2 Å². The molecule has 2 amide bonds. The molecule has 5 nitrogen and oxygen atoms in total. The first-order chi connectivity index (χ1) is 16.4. The molecule has 0 atom stereocenters. The number of benzene rings is 3. The molecule has 8 heteroatoms. The van der Waals surface area contributed by atoms with Crippen LogP contribution in [0.1, 0.15) is 31.8 Å². The lowest BCUT2D eigenvalue weighted by Crippen LogP contribution is -2.30. The van der Waals surface area contributed by atoms with Crippen molar-refractivity contribution in [3.8, 4) is 0 Å². The summed E-state index contributed by atoms with van der Waals surface area (Å²) in [5, 5.41) is 10.4. The first-order valence-corrected chi connectivity index (χ1v) is 11.8. The van der Waals surface area contributed by atoms with Gasteiger partial charge < -0.3 is 15.5 Å². The second-order valence-corrected chi connectivity index (χ2v) is 9.06. The van der Waals surface area contributed by atoms with Gasteiger partial charge in [0.2, 0.25) is 0 Å². The maximum Gasteiger partial charge on any atom is 0.260 e. The minimum absolute atomic E-state index is 0.207. The normalized spacial score (nSPS) is 12.3. The van der Waals surface area contributed by atoms with E-state index < -0.39 is 11.7 Å². The van der Waals surface area contributed by atoms with Gasteiger partial charge in [0.05, 0.1) is 34.2 Å². The molecule has 2 heterocycles. The molecule has 0 saturated carbocycles. The number of carbonyl (C=O) groups is 2. The van der Waals surface area contributed by atoms with Gasteiger partial charge >= 0.3 is 0 Å². The van der Waals surface area contributed by atoms with Crippen LogP contribution in [0, 0.1) is 12.7 Å². The number of nitrogens with one attached hydrogen (secondary N) is 2. The molecule has 0 unspecified atom stereocenters. The van der Waals surface area contributed by atoms with Crippen LogP contribution in [0.15, 0.2) is 71.4 Å². The predicted octanol–water partition coefficient (Wildman–Crippen LogP) is 7.01. The van der Waals surface area contributed by atoms with E-state index in [0.29, 0.717) is 17.8 Å². The number of anilines is 4. The van der Waals surface area contributed by atoms with E-state index in [4.69, 9.17) is 11.6 Å². The molecule has 2 N–H and O–H groups in total. The van der Waals surface area contributed by atoms with Crippen molar-refractivity contribution in [3.63, 3.8) is 0 Å². The van der Waals surface area contributed by atoms with Crippen LogP contribution in [0.3, 0.4) is 0 Å². The minimum Gasteiger partial charge on any atom is -0.353 e. The fraction of sp³-hybridized carbons (Fsp3) is 0.0769. The number of nitrogens with zero attached hydrogens (tertiary/aromatic N) is 1. The average Bonchev–Trinajstić information content (AvgIpc) is 3.19. The van der Waals surface area contributed by atoms with E-state index in [1.54, 1.807) is 41.4 Å². The lowest BCUT2D eigenvalue weighted by molar-refractivity contribution is 0.0984. The highest BCUT2D eigenvalue weighted by Gasteiger charge is 2.26. The summed E-state index contributed by atoms with van der Waals surface area (Å²) in [6, 6.07) is 16.7. The number of halogens is 2. The zero-order valence-electron chi connectivity index (χ0n) is 18.1. The molecule has 0 aliphatic carbocycles. The maximum absolute atomic E-state index is 13.8. The first-order valence-electron chi connectivity index (χ1n) is 10.5. The number of amides is 2. The molecule has 1 aliphatic heterocycles. The van der Waals surface area contributed by atoms with Crippen molar-refractivity contribution in [2.45, 2.75) is 13.5 Å². The molecule has 3 aromatic carbocycles. The molecule has 1 aliphatic rings. The molecule has 5 rings (SSSR count). The molecule has 0 radical (unpaired) electrons. The third-order valence-corrected chi connectivity index (χ3v) is 6.85. The quantitative estimate of drug-likeness (QED) is 0.324. The number of fused-ring (bicyclic) bond motifs is 2. The zero-order valence-corrected chi connectivity index (χ0v) is 19.6. The van der Waals surface area contributed by atoms with Gasteiger partial charge in [-0.05, 0) is 60.3 Å². The van der Waals surface area contributed by atoms with E-state index in [1.165, 1.54) is 18.2 Å². The number of para-hydroxylation sites is 2. The number of rotatable bonds is 3. The Balaban J connectivity index is 1.43. The molecular formula is C26H19ClFN3O2S. The van der Waals surface area contributed by atoms with Crippen LogP contribution in [0.25, 0.3) is 0 Å². The van der Waals surface area contributed by atoms with Crippen LogP contribution < -0.4 is 15.5 Å². The number of thiophene rings is 1. The molecule has 0 spiro atoms. The van der Waals surface area contributed by atoms with E-state index in [-0.39, 0.29) is 22.1 Å². The number of hydrogen-bond donors (Lipinski definition) is 2. The molecule has 0 bridgehead atoms. The monoisotopic (exact) mass is 491 g/mol. The Labute approximate surface area is 204 Å². The molecule has 4 aromatic rings. The largest absolute Gasteiger partial charge is 0.353 e. The van der Waals surface area contributed by atoms with Crippen molar-refractivity contribution in [2.75, 3.05) is 15.5 Å². The van der Waals surface area contributed by atoms with Crippen LogP contribution in [0.2, 0.25) is 5.02 Å². The fourth-order valence-corrected chi connectivity index (χ4v) is 4.96. The summed E-state index contributed by atoms with van der Waals surface area (Å²) in [5.74, 6) is -1.16. The lowest BCUT2D eigenvalue weighted by atomic mass is 10.1. The van der Waals surface area contributed by atoms with Crippen molar-refractivity contribution < 1.29 is 14.0 Å². The van der Waals surface area contributed by atoms with Gasteiger partial charge in [0.15, 0.2) is 0 Å². The van der Waals surface area contributed by atoms with Crippen molar-refractivity contribution >= 4 is 57.5 Å². The second kappa shape index (κ2) is 8.93. The van der Waals surface area contributed by atoms with Gasteiger partial charge in [-0.25, -0.2) is 4.39 Å². The summed E-state index contributed by atoms with van der Waals surface area (Å²) in [6.45, 7) is 1.95. The van der Waals surface area contributed by atoms with E-state index in [1.807, 2.05) is 35.0 Å². The summed E-state index contributed by atoms with van der Waals surface area (Å²) in [6.07, 6.45) is 0. The number of hydrogen-bond acceptors (Lipinski definition) is 4. The fourth-order valence-electron chi connectivity index (χ4n) is 3.92. The highest BCUT2D eigenvalue weighted by Crippen LogP contribution is 2.38. The Kier molecular flexibility index (Phi) is 5.81. The summed E-state index contributed by atoms with van der Waals surface area (Å²) in [7, 11) is 0. The third-order valence-electron chi connectivity index (χ3n) is 5.75. The van der Waals surface area contributed by atoms with Crippen molar-refractivity contribution in [2.24, 2.45) is 0 Å². The highest BCUT2D eigenvalue weighted by molar-refractivity contribution is 7.08. The Morgan fingerprint density at radius 1 is 1.03 bits per heavy atom. The van der Waals surface area contributed by atoms with Crippen molar-refractivity contribution in [3.05, 3.63) is 105 Å². The summed E-state index contributed by atoms with van der Waals surface area (Å²) in [5.41, 5.74) is 4.80. The average molecular weight is 492 g/mol. The van der Waals surface area contributed by atoms with E-state index in [0.717, 1.165) is 22.6 Å². The van der Waals surface area contributed by atoms with Crippen molar-refractivity contribution in [1.29, 1.82) is 0 Å². The Bertz CT molecular complexity index is 1440. The molecular weight excluding hydrogens is 473 g/mol. The van der Waals surface area contributed by atoms with Gasteiger partial charge in [-0.3, -0.25) is 9.59 Å². The Hall–Kier alpha value is -3.68. The highest BCUT2D eigenvalue weighted by atomic mass is 35.5. The maximum atomic E-state index is 13.8. The SMILES string of the molecule is Cc1c(F)cccc1C(=O)Nc1ccc(C(=O)N2Cc3cscc3Nc3ccccc32)c(Cl)c1. The summed E-state index contributed by atoms with van der Waals surface area (Å²) >= 11 is 8.07. The van der Waals surface area contributed by atoms with Crippen molar-refractivity contribution in [1.82, 2.24) is 0 Å². The first kappa shape index (κ1) is 22.1. The molecule has 170 valence electrons. The van der Waals surface area contributed by atoms with Gasteiger partial charge in [0.1, 0.15) is 5.82 Å². The molecule has 0 fully saturated rings. The molecule has 1 aromatic heterocycles. The topological polar surface area (TPSA) is 61.4 Å². The smallest absolute Gasteiger partial charge is 0.260 e. The number of carbonyl (C=O) groups excluding carboxylic acids is 2. The zero-order chi connectivity index (χ0) is 23.8. The van der Waals surface area contributed by atoms with Gasteiger partial charge in [-0.2, -0.15) is 0 Å². The summed E-state index contributed by atoms with van der Waals surface area (Å²) < 4.78 is 13.8. The van der Waals surface area contributed by atoms with Gasteiger partial charge in [-0.1, -0.05) is 29.8 Å². The van der Waals surface area contributed by atoms with Gasteiger partial charge in [0.25, 0.3) is 11.8 Å². The lowest BCUT2D eigenvalue weighted by Gasteiger charge is -2.23. The van der Waals surface area contributed by atoms with Crippen LogP contribution in [-0.4, -0.2) is 11.8 Å². The van der Waals surface area contributed by atoms with Gasteiger partial charge in [-0.15, -0.1) is 11.3 Å². The third kappa shape index (κ3) is 4.04.